The molecule has 8 nitrogen and oxygen atoms in total. The first-order chi connectivity index (χ1) is 16.5. The molecule has 0 aliphatic rings. The van der Waals surface area contributed by atoms with Crippen LogP contribution in [0.25, 0.3) is 11.1 Å². The molecule has 0 saturated carbocycles. The van der Waals surface area contributed by atoms with E-state index in [4.69, 9.17) is 5.11 Å². The van der Waals surface area contributed by atoms with E-state index in [-0.39, 0.29) is 29.2 Å². The molecule has 0 heterocycles. The number of carbonyl (C=O) groups excluding carboxylic acids is 1. The van der Waals surface area contributed by atoms with Gasteiger partial charge in [-0.15, -0.1) is 0 Å². The van der Waals surface area contributed by atoms with Gasteiger partial charge in [-0.2, -0.15) is 0 Å². The highest BCUT2D eigenvalue weighted by Crippen LogP contribution is 2.33. The van der Waals surface area contributed by atoms with Gasteiger partial charge in [0.1, 0.15) is 11.3 Å². The van der Waals surface area contributed by atoms with E-state index in [0.717, 1.165) is 21.5 Å². The number of carboxylic acids is 1. The molecular formula is C26H28N2O6S. The van der Waals surface area contributed by atoms with Crippen molar-refractivity contribution in [1.82, 2.24) is 4.90 Å². The normalized spacial score (nSPS) is 12.0. The van der Waals surface area contributed by atoms with Gasteiger partial charge in [-0.1, -0.05) is 24.3 Å². The summed E-state index contributed by atoms with van der Waals surface area (Å²) in [4.78, 5) is 25.9. The summed E-state index contributed by atoms with van der Waals surface area (Å²) in [5, 5.41) is 19.1. The lowest BCUT2D eigenvalue weighted by Crippen LogP contribution is -2.42. The lowest BCUT2D eigenvalue weighted by atomic mass is 10.0. The third-order valence-corrected chi connectivity index (χ3v) is 6.23. The quantitative estimate of drug-likeness (QED) is 0.365. The topological polar surface area (TPSA) is 118 Å². The van der Waals surface area contributed by atoms with Crippen LogP contribution >= 0.6 is 0 Å². The monoisotopic (exact) mass is 496 g/mol. The fourth-order valence-electron chi connectivity index (χ4n) is 3.99. The zero-order chi connectivity index (χ0) is 25.9. The molecule has 0 aromatic heterocycles. The molecule has 3 aromatic rings. The van der Waals surface area contributed by atoms with Gasteiger partial charge < -0.3 is 15.1 Å². The Morgan fingerprint density at radius 3 is 1.94 bits per heavy atom. The third-order valence-electron chi connectivity index (χ3n) is 5.50. The second-order valence-corrected chi connectivity index (χ2v) is 9.39. The molecule has 0 spiro atoms. The lowest BCUT2D eigenvalue weighted by molar-refractivity contribution is 0.0641. The summed E-state index contributed by atoms with van der Waals surface area (Å²) in [5.74, 6) is -1.87. The van der Waals surface area contributed by atoms with Gasteiger partial charge >= 0.3 is 5.97 Å². The number of rotatable bonds is 8. The Bertz CT molecular complexity index is 1250. The molecule has 3 rings (SSSR count). The van der Waals surface area contributed by atoms with E-state index in [1.54, 1.807) is 30.3 Å². The van der Waals surface area contributed by atoms with Crippen LogP contribution in [-0.2, 0) is 11.3 Å². The first-order valence-electron chi connectivity index (χ1n) is 11.0. The first-order valence-corrected chi connectivity index (χ1v) is 12.1. The zero-order valence-electron chi connectivity index (χ0n) is 19.9. The molecule has 1 unspecified atom stereocenters. The van der Waals surface area contributed by atoms with E-state index in [1.165, 1.54) is 12.1 Å². The predicted octanol–water partition coefficient (Wildman–Crippen LogP) is 5.29. The zero-order valence-corrected chi connectivity index (χ0v) is 20.7. The summed E-state index contributed by atoms with van der Waals surface area (Å²) < 4.78 is 23.2. The number of carbonyl (C=O) groups is 2. The first kappa shape index (κ1) is 25.9. The summed E-state index contributed by atoms with van der Waals surface area (Å²) in [6.45, 7) is 7.90. The van der Waals surface area contributed by atoms with Gasteiger partial charge in [0.25, 0.3) is 17.2 Å². The summed E-state index contributed by atoms with van der Waals surface area (Å²) >= 11 is -2.50. The van der Waals surface area contributed by atoms with Gasteiger partial charge in [-0.3, -0.25) is 9.35 Å². The number of hydrogen-bond acceptors (Lipinski definition) is 4. The molecule has 0 saturated heterocycles. The number of nitrogens with zero attached hydrogens (tertiary/aromatic N) is 2. The number of aromatic hydroxyl groups is 1. The fraction of sp³-hybridized carbons (Fsp3) is 0.231. The molecule has 35 heavy (non-hydrogen) atoms. The summed E-state index contributed by atoms with van der Waals surface area (Å²) in [6, 6.07) is 17.8. The highest BCUT2D eigenvalue weighted by Gasteiger charge is 2.22. The van der Waals surface area contributed by atoms with Gasteiger partial charge in [0.15, 0.2) is 0 Å². The van der Waals surface area contributed by atoms with Crippen molar-refractivity contribution in [3.05, 3.63) is 77.9 Å². The molecule has 0 aliphatic heterocycles. The van der Waals surface area contributed by atoms with Crippen LogP contribution < -0.4 is 4.31 Å². The largest absolute Gasteiger partial charge is 0.507 e. The molecule has 9 heteroatoms. The van der Waals surface area contributed by atoms with Crippen molar-refractivity contribution < 1.29 is 28.6 Å². The maximum Gasteiger partial charge on any atom is 0.339 e. The maximum atomic E-state index is 12.9. The lowest BCUT2D eigenvalue weighted by Gasteiger charge is -2.30. The minimum atomic E-state index is -2.50. The Morgan fingerprint density at radius 1 is 0.829 bits per heavy atom. The smallest absolute Gasteiger partial charge is 0.339 e. The average molecular weight is 497 g/mol. The summed E-state index contributed by atoms with van der Waals surface area (Å²) in [5.41, 5.74) is 2.31. The molecule has 184 valence electrons. The van der Waals surface area contributed by atoms with Crippen molar-refractivity contribution in [2.24, 2.45) is 0 Å². The van der Waals surface area contributed by atoms with E-state index in [0.29, 0.717) is 11.3 Å². The maximum absolute atomic E-state index is 12.9. The average Bonchev–Trinajstić information content (AvgIpc) is 2.78. The minimum Gasteiger partial charge on any atom is -0.507 e. The highest BCUT2D eigenvalue weighted by atomic mass is 32.2. The molecule has 3 aromatic carbocycles. The fourth-order valence-corrected chi connectivity index (χ4v) is 4.58. The minimum absolute atomic E-state index is 0.0539. The van der Waals surface area contributed by atoms with Gasteiger partial charge in [0, 0.05) is 23.7 Å². The highest BCUT2D eigenvalue weighted by molar-refractivity contribution is 7.81. The van der Waals surface area contributed by atoms with Crippen LogP contribution in [0, 0.1) is 0 Å². The number of benzene rings is 3. The predicted molar refractivity (Wildman–Crippen MR) is 136 cm³/mol. The van der Waals surface area contributed by atoms with Crippen molar-refractivity contribution in [2.75, 3.05) is 4.31 Å². The second-order valence-electron chi connectivity index (χ2n) is 8.56. The van der Waals surface area contributed by atoms with Crippen LogP contribution in [0.3, 0.4) is 0 Å². The van der Waals surface area contributed by atoms with E-state index >= 15 is 0 Å². The number of aromatic carboxylic acids is 1. The van der Waals surface area contributed by atoms with Crippen molar-refractivity contribution in [3.8, 4) is 16.9 Å². The Kier molecular flexibility index (Phi) is 7.93. The van der Waals surface area contributed by atoms with E-state index in [9.17, 15) is 23.5 Å². The Balaban J connectivity index is 1.94. The Hall–Kier alpha value is -3.69. The van der Waals surface area contributed by atoms with Crippen LogP contribution in [0.5, 0.6) is 5.75 Å². The molecule has 0 aliphatic carbocycles. The molecule has 3 N–H and O–H groups in total. The van der Waals surface area contributed by atoms with Crippen LogP contribution in [-0.4, -0.2) is 47.8 Å². The Labute approximate surface area is 206 Å². The van der Waals surface area contributed by atoms with Gasteiger partial charge in [0.2, 0.25) is 0 Å². The van der Waals surface area contributed by atoms with Crippen molar-refractivity contribution in [1.29, 1.82) is 0 Å². The van der Waals surface area contributed by atoms with Crippen LogP contribution in [0.2, 0.25) is 0 Å². The molecule has 1 atom stereocenters. The molecule has 0 radical (unpaired) electrons. The Morgan fingerprint density at radius 2 is 1.43 bits per heavy atom. The summed E-state index contributed by atoms with van der Waals surface area (Å²) in [6.07, 6.45) is 0. The number of amides is 1. The van der Waals surface area contributed by atoms with E-state index in [2.05, 4.69) is 0 Å². The van der Waals surface area contributed by atoms with Crippen LogP contribution in [0.15, 0.2) is 66.7 Å². The standard InChI is InChI=1S/C26H28N2O6S/c1-16(2)27(17(3)4)25(30)19-10-8-18(9-11-19)20-6-5-7-21(14-20)28(35(33)34)22-12-13-23(26(31)32)24(29)15-22/h5-17,29H,1-4H3,(H,31,32)(H,33,34). The van der Waals surface area contributed by atoms with E-state index < -0.39 is 23.0 Å². The molecule has 0 fully saturated rings. The number of carboxylic acid groups (broad SMARTS) is 1. The SMILES string of the molecule is CC(C)N(C(=O)c1ccc(-c2cccc(N(c3ccc(C(=O)O)c(O)c3)S(=O)O)c2)cc1)C(C)C. The van der Waals surface area contributed by atoms with Gasteiger partial charge in [-0.05, 0) is 75.2 Å². The third kappa shape index (κ3) is 5.70. The van der Waals surface area contributed by atoms with Gasteiger partial charge in [-0.25, -0.2) is 13.3 Å². The molecule has 1 amide bonds. The second kappa shape index (κ2) is 10.7. The van der Waals surface area contributed by atoms with Crippen molar-refractivity contribution in [2.45, 2.75) is 39.8 Å². The van der Waals surface area contributed by atoms with Crippen LogP contribution in [0.4, 0.5) is 11.4 Å². The molecular weight excluding hydrogens is 468 g/mol. The number of hydrogen-bond donors (Lipinski definition) is 3. The van der Waals surface area contributed by atoms with Crippen molar-refractivity contribution in [3.63, 3.8) is 0 Å². The van der Waals surface area contributed by atoms with Gasteiger partial charge in [0.05, 0.1) is 11.4 Å². The summed E-state index contributed by atoms with van der Waals surface area (Å²) in [7, 11) is 0. The van der Waals surface area contributed by atoms with Crippen LogP contribution in [0.1, 0.15) is 48.4 Å². The van der Waals surface area contributed by atoms with E-state index in [1.807, 2.05) is 50.8 Å². The van der Waals surface area contributed by atoms with Crippen molar-refractivity contribution >= 4 is 34.5 Å². The molecule has 0 bridgehead atoms. The number of anilines is 2. The number of phenols is 1.